The summed E-state index contributed by atoms with van der Waals surface area (Å²) in [6.07, 6.45) is 4.49. The summed E-state index contributed by atoms with van der Waals surface area (Å²) in [5.41, 5.74) is 1.41. The van der Waals surface area contributed by atoms with Crippen LogP contribution in [0.25, 0.3) is 0 Å². The second-order valence-corrected chi connectivity index (χ2v) is 6.25. The highest BCUT2D eigenvalue weighted by atomic mass is 16.4. The van der Waals surface area contributed by atoms with E-state index in [-0.39, 0.29) is 11.6 Å². The van der Waals surface area contributed by atoms with E-state index < -0.39 is 12.0 Å². The Kier molecular flexibility index (Phi) is 3.35. The zero-order valence-electron chi connectivity index (χ0n) is 12.1. The summed E-state index contributed by atoms with van der Waals surface area (Å²) < 4.78 is 0. The third-order valence-electron chi connectivity index (χ3n) is 4.60. The van der Waals surface area contributed by atoms with Crippen LogP contribution in [0, 0.1) is 0 Å². The predicted molar refractivity (Wildman–Crippen MR) is 79.5 cm³/mol. The van der Waals surface area contributed by atoms with Crippen LogP contribution in [0.15, 0.2) is 24.3 Å². The monoisotopic (exact) mass is 288 g/mol. The molecule has 5 nitrogen and oxygen atoms in total. The zero-order valence-corrected chi connectivity index (χ0v) is 12.1. The predicted octanol–water partition coefficient (Wildman–Crippen LogP) is 2.54. The van der Waals surface area contributed by atoms with Crippen LogP contribution in [0.1, 0.15) is 38.2 Å². The summed E-state index contributed by atoms with van der Waals surface area (Å²) >= 11 is 0. The first-order valence-corrected chi connectivity index (χ1v) is 7.42. The molecule has 2 amide bonds. The second-order valence-electron chi connectivity index (χ2n) is 6.25. The molecule has 2 N–H and O–H groups in total. The molecule has 1 aromatic rings. The molecular weight excluding hydrogens is 268 g/mol. The van der Waals surface area contributed by atoms with Gasteiger partial charge in [0, 0.05) is 17.6 Å². The minimum atomic E-state index is -0.960. The number of para-hydroxylation sites is 1. The lowest BCUT2D eigenvalue weighted by molar-refractivity contribution is -0.138. The molecule has 1 aliphatic heterocycles. The van der Waals surface area contributed by atoms with Gasteiger partial charge in [0.2, 0.25) is 0 Å². The van der Waals surface area contributed by atoms with Crippen molar-refractivity contribution >= 4 is 17.7 Å². The van der Waals surface area contributed by atoms with Crippen LogP contribution < -0.4 is 10.2 Å². The van der Waals surface area contributed by atoms with E-state index in [1.54, 1.807) is 0 Å². The summed E-state index contributed by atoms with van der Waals surface area (Å²) in [5.74, 6) is -0.960. The maximum atomic E-state index is 12.6. The number of benzene rings is 1. The Morgan fingerprint density at radius 2 is 1.95 bits per heavy atom. The topological polar surface area (TPSA) is 69.6 Å². The first kappa shape index (κ1) is 13.9. The van der Waals surface area contributed by atoms with Crippen molar-refractivity contribution < 1.29 is 14.7 Å². The largest absolute Gasteiger partial charge is 0.480 e. The molecule has 3 rings (SSSR count). The zero-order chi connectivity index (χ0) is 15.0. The molecule has 1 fully saturated rings. The molecule has 1 saturated carbocycles. The molecule has 0 aromatic heterocycles. The number of carboxylic acid groups (broad SMARTS) is 1. The third-order valence-corrected chi connectivity index (χ3v) is 4.60. The smallest absolute Gasteiger partial charge is 0.327 e. The van der Waals surface area contributed by atoms with Gasteiger partial charge >= 0.3 is 12.0 Å². The van der Waals surface area contributed by atoms with Crippen molar-refractivity contribution in [1.29, 1.82) is 0 Å². The number of hydrogen-bond donors (Lipinski definition) is 2. The Balaban J connectivity index is 1.87. The number of nitrogens with zero attached hydrogens (tertiary/aromatic N) is 1. The Morgan fingerprint density at radius 1 is 1.29 bits per heavy atom. The Bertz CT molecular complexity index is 579. The number of fused-ring (bicyclic) bond motifs is 1. The normalized spacial score (nSPS) is 22.9. The van der Waals surface area contributed by atoms with Crippen LogP contribution in [0.3, 0.4) is 0 Å². The summed E-state index contributed by atoms with van der Waals surface area (Å²) in [6.45, 7) is 2.04. The fourth-order valence-corrected chi connectivity index (χ4v) is 3.43. The van der Waals surface area contributed by atoms with Gasteiger partial charge in [-0.05, 0) is 31.4 Å². The fourth-order valence-electron chi connectivity index (χ4n) is 3.43. The molecule has 5 heteroatoms. The lowest BCUT2D eigenvalue weighted by Crippen LogP contribution is -2.54. The molecule has 0 saturated heterocycles. The minimum Gasteiger partial charge on any atom is -0.480 e. The van der Waals surface area contributed by atoms with E-state index >= 15 is 0 Å². The lowest BCUT2D eigenvalue weighted by Gasteiger charge is -2.30. The van der Waals surface area contributed by atoms with Crippen LogP contribution in [-0.2, 0) is 11.2 Å². The first-order chi connectivity index (χ1) is 10.0. The first-order valence-electron chi connectivity index (χ1n) is 7.42. The highest BCUT2D eigenvalue weighted by Crippen LogP contribution is 2.34. The highest BCUT2D eigenvalue weighted by Gasteiger charge is 2.40. The van der Waals surface area contributed by atoms with Gasteiger partial charge in [-0.3, -0.25) is 4.90 Å². The second kappa shape index (κ2) is 5.06. The van der Waals surface area contributed by atoms with E-state index in [4.69, 9.17) is 0 Å². The van der Waals surface area contributed by atoms with E-state index in [1.807, 2.05) is 31.2 Å². The van der Waals surface area contributed by atoms with Crippen LogP contribution >= 0.6 is 0 Å². The quantitative estimate of drug-likeness (QED) is 0.878. The molecule has 1 atom stereocenters. The number of amides is 2. The Morgan fingerprint density at radius 3 is 2.62 bits per heavy atom. The van der Waals surface area contributed by atoms with E-state index in [1.165, 1.54) is 4.90 Å². The number of nitrogens with one attached hydrogen (secondary N) is 1. The van der Waals surface area contributed by atoms with Gasteiger partial charge in [-0.25, -0.2) is 9.59 Å². The van der Waals surface area contributed by atoms with Crippen molar-refractivity contribution in [3.63, 3.8) is 0 Å². The van der Waals surface area contributed by atoms with E-state index in [2.05, 4.69) is 5.32 Å². The van der Waals surface area contributed by atoms with Crippen LogP contribution in [-0.4, -0.2) is 28.7 Å². The van der Waals surface area contributed by atoms with E-state index in [0.717, 1.165) is 31.2 Å². The van der Waals surface area contributed by atoms with Gasteiger partial charge in [-0.1, -0.05) is 31.0 Å². The van der Waals surface area contributed by atoms with Crippen LogP contribution in [0.2, 0.25) is 0 Å². The molecule has 1 aliphatic carbocycles. The van der Waals surface area contributed by atoms with Gasteiger partial charge in [-0.15, -0.1) is 0 Å². The van der Waals surface area contributed by atoms with Crippen molar-refractivity contribution in [3.8, 4) is 0 Å². The van der Waals surface area contributed by atoms with Gasteiger partial charge in [0.15, 0.2) is 0 Å². The number of aliphatic carboxylic acids is 1. The molecule has 1 heterocycles. The minimum absolute atomic E-state index is 0.211. The average molecular weight is 288 g/mol. The van der Waals surface area contributed by atoms with Gasteiger partial charge in [0.1, 0.15) is 6.04 Å². The number of carbonyl (C=O) groups is 2. The number of anilines is 1. The van der Waals surface area contributed by atoms with Crippen molar-refractivity contribution in [1.82, 2.24) is 5.32 Å². The number of rotatable bonds is 2. The lowest BCUT2D eigenvalue weighted by atomic mass is 10.0. The molecule has 2 aliphatic rings. The third kappa shape index (κ3) is 2.48. The molecular formula is C16H20N2O3. The summed E-state index contributed by atoms with van der Waals surface area (Å²) in [4.78, 5) is 25.5. The molecule has 21 heavy (non-hydrogen) atoms. The van der Waals surface area contributed by atoms with Gasteiger partial charge < -0.3 is 10.4 Å². The van der Waals surface area contributed by atoms with Gasteiger partial charge in [0.25, 0.3) is 0 Å². The van der Waals surface area contributed by atoms with Crippen LogP contribution in [0.5, 0.6) is 0 Å². The Labute approximate surface area is 123 Å². The van der Waals surface area contributed by atoms with Crippen LogP contribution in [0.4, 0.5) is 10.5 Å². The highest BCUT2D eigenvalue weighted by molar-refractivity contribution is 6.01. The molecule has 0 bridgehead atoms. The SMILES string of the molecule is CC1(NC(=O)N2c3ccccc3CC2C(=O)O)CCCC1. The van der Waals surface area contributed by atoms with Gasteiger partial charge in [0.05, 0.1) is 0 Å². The number of hydrogen-bond acceptors (Lipinski definition) is 2. The van der Waals surface area contributed by atoms with Crippen molar-refractivity contribution in [2.75, 3.05) is 4.90 Å². The Hall–Kier alpha value is -2.04. The molecule has 1 unspecified atom stereocenters. The van der Waals surface area contributed by atoms with Crippen molar-refractivity contribution in [2.45, 2.75) is 50.6 Å². The maximum absolute atomic E-state index is 12.6. The summed E-state index contributed by atoms with van der Waals surface area (Å²) in [7, 11) is 0. The number of carboxylic acids is 1. The summed E-state index contributed by atoms with van der Waals surface area (Å²) in [5, 5.41) is 12.5. The molecule has 0 radical (unpaired) electrons. The van der Waals surface area contributed by atoms with Crippen molar-refractivity contribution in [3.05, 3.63) is 29.8 Å². The number of urea groups is 1. The van der Waals surface area contributed by atoms with Gasteiger partial charge in [-0.2, -0.15) is 0 Å². The van der Waals surface area contributed by atoms with E-state index in [0.29, 0.717) is 12.1 Å². The number of carbonyl (C=O) groups excluding carboxylic acids is 1. The standard InChI is InChI=1S/C16H20N2O3/c1-16(8-4-5-9-16)17-15(21)18-12-7-3-2-6-11(12)10-13(18)14(19)20/h2-3,6-7,13H,4-5,8-10H2,1H3,(H,17,21)(H,19,20). The molecule has 112 valence electrons. The maximum Gasteiger partial charge on any atom is 0.327 e. The molecule has 1 aromatic carbocycles. The van der Waals surface area contributed by atoms with Crippen molar-refractivity contribution in [2.24, 2.45) is 0 Å². The summed E-state index contributed by atoms with van der Waals surface area (Å²) in [6, 6.07) is 6.30. The van der Waals surface area contributed by atoms with E-state index in [9.17, 15) is 14.7 Å². The fraction of sp³-hybridized carbons (Fsp3) is 0.500. The average Bonchev–Trinajstić information content (AvgIpc) is 3.02. The molecule has 0 spiro atoms.